The van der Waals surface area contributed by atoms with Gasteiger partial charge in [0.25, 0.3) is 0 Å². The summed E-state index contributed by atoms with van der Waals surface area (Å²) in [4.78, 5) is 14.7. The number of rotatable bonds is 5. The van der Waals surface area contributed by atoms with Crippen molar-refractivity contribution in [3.8, 4) is 0 Å². The van der Waals surface area contributed by atoms with Crippen LogP contribution in [0, 0.1) is 6.92 Å². The number of likely N-dealkylation sites (N-methyl/N-ethyl adjacent to an activating group) is 1. The second kappa shape index (κ2) is 14.3. The fraction of sp³-hybridized carbons (Fsp3) is 0.435. The van der Waals surface area contributed by atoms with E-state index >= 15 is 0 Å². The van der Waals surface area contributed by atoms with Crippen molar-refractivity contribution in [2.75, 3.05) is 38.5 Å². The minimum absolute atomic E-state index is 0.0875. The molecule has 1 aromatic heterocycles. The molecular formula is C23H31BCl2N4O2. The second-order valence-electron chi connectivity index (χ2n) is 7.65. The number of carbonyl (C=O) groups excluding carboxylic acids is 1. The summed E-state index contributed by atoms with van der Waals surface area (Å²) in [5.74, 6) is 1.04. The van der Waals surface area contributed by atoms with E-state index in [4.69, 9.17) is 23.2 Å². The molecule has 2 aromatic rings. The zero-order chi connectivity index (χ0) is 23.3. The van der Waals surface area contributed by atoms with Gasteiger partial charge in [-0.3, -0.25) is 0 Å². The van der Waals surface area contributed by atoms with Crippen molar-refractivity contribution in [2.45, 2.75) is 25.9 Å². The maximum atomic E-state index is 12.6. The van der Waals surface area contributed by atoms with E-state index in [0.29, 0.717) is 24.8 Å². The molecule has 2 bridgehead atoms. The van der Waals surface area contributed by atoms with Crippen molar-refractivity contribution in [2.24, 2.45) is 0 Å². The Hall–Kier alpha value is -1.93. The number of hydrogen-bond donors (Lipinski definition) is 2. The molecule has 2 heterocycles. The van der Waals surface area contributed by atoms with Crippen LogP contribution in [0.1, 0.15) is 11.1 Å². The summed E-state index contributed by atoms with van der Waals surface area (Å²) in [6, 6.07) is 5.97. The van der Waals surface area contributed by atoms with E-state index < -0.39 is 6.04 Å². The van der Waals surface area contributed by atoms with Gasteiger partial charge < -0.3 is 0 Å². The quantitative estimate of drug-likeness (QED) is 0.395. The number of fused-ring (bicyclic) bond motifs is 5. The first-order valence-corrected chi connectivity index (χ1v) is 11.7. The number of hydrogen-bond acceptors (Lipinski definition) is 4. The molecule has 1 aliphatic heterocycles. The van der Waals surface area contributed by atoms with Gasteiger partial charge in [0.2, 0.25) is 0 Å². The number of amides is 1. The standard InChI is InChI=1S/C19H25BN4O2.C4H6Cl2/c1-14-5-6-18-16(9-14)15-10-17(21-12-20-26)19(25)22-13-23(2)7-3-4-8-24(18)11-15;5-3-1-2-4-6/h3-6,9,11,17,21H,7-8,10,12-13H2,1-2H3,(H,22,25);1-2H,3-4H2/b4-3-;2-1+. The van der Waals surface area contributed by atoms with Crippen LogP contribution in [-0.4, -0.2) is 67.0 Å². The molecule has 1 atom stereocenters. The van der Waals surface area contributed by atoms with Crippen LogP contribution < -0.4 is 10.6 Å². The van der Waals surface area contributed by atoms with Gasteiger partial charge in [0.05, 0.1) is 0 Å². The van der Waals surface area contributed by atoms with Crippen LogP contribution in [0.15, 0.2) is 48.7 Å². The van der Waals surface area contributed by atoms with Crippen molar-refractivity contribution in [3.63, 3.8) is 0 Å². The molecule has 2 N–H and O–H groups in total. The summed E-state index contributed by atoms with van der Waals surface area (Å²) < 4.78 is 13.0. The molecular weight excluding hydrogens is 446 g/mol. The van der Waals surface area contributed by atoms with E-state index in [-0.39, 0.29) is 12.4 Å². The molecule has 0 spiro atoms. The Labute approximate surface area is 200 Å². The predicted molar refractivity (Wildman–Crippen MR) is 134 cm³/mol. The smallest absolute Gasteiger partial charge is 0.0404 e. The molecule has 1 aliphatic rings. The molecule has 32 heavy (non-hydrogen) atoms. The number of aryl methyl sites for hydroxylation is 1. The third-order valence-electron chi connectivity index (χ3n) is 5.06. The maximum absolute atomic E-state index is 12.6. The van der Waals surface area contributed by atoms with Crippen LogP contribution in [-0.2, 0) is 22.5 Å². The first kappa shape index (κ1) is 26.3. The monoisotopic (exact) mass is 476 g/mol. The summed E-state index contributed by atoms with van der Waals surface area (Å²) >= 11 is 10.5. The van der Waals surface area contributed by atoms with Crippen LogP contribution in [0.4, 0.5) is 0 Å². The minimum atomic E-state index is -0.443. The van der Waals surface area contributed by atoms with Crippen molar-refractivity contribution < 1.29 is 9.50 Å². The van der Waals surface area contributed by atoms with Gasteiger partial charge in [0, 0.05) is 11.8 Å². The van der Waals surface area contributed by atoms with Crippen LogP contribution in [0.5, 0.6) is 0 Å². The molecule has 3 rings (SSSR count). The summed E-state index contributed by atoms with van der Waals surface area (Å²) in [7, 11) is 2.75. The van der Waals surface area contributed by atoms with Crippen LogP contribution in [0.25, 0.3) is 10.9 Å². The largest absolute Gasteiger partial charge is 0.122 e. The van der Waals surface area contributed by atoms with Crippen LogP contribution >= 0.6 is 23.2 Å². The number of aromatic nitrogens is 1. The number of carbonyl (C=O) groups is 1. The van der Waals surface area contributed by atoms with E-state index in [1.807, 2.05) is 24.1 Å². The minimum Gasteiger partial charge on any atom is -0.122 e. The van der Waals surface area contributed by atoms with Crippen LogP contribution in [0.3, 0.4) is 0 Å². The Morgan fingerprint density at radius 2 is 1.94 bits per heavy atom. The van der Waals surface area contributed by atoms with Crippen molar-refractivity contribution in [1.29, 1.82) is 0 Å². The fourth-order valence-electron chi connectivity index (χ4n) is 3.44. The van der Waals surface area contributed by atoms with E-state index in [1.165, 1.54) is 10.9 Å². The summed E-state index contributed by atoms with van der Waals surface area (Å²) in [6.45, 7) is 4.10. The molecule has 0 saturated carbocycles. The molecule has 6 nitrogen and oxygen atoms in total. The second-order valence-corrected chi connectivity index (χ2v) is 8.27. The molecule has 0 radical (unpaired) electrons. The first-order chi connectivity index (χ1) is 15.5. The molecule has 172 valence electrons. The Kier molecular flexibility index (Phi) is 11.7. The number of benzene rings is 1. The van der Waals surface area contributed by atoms with Gasteiger partial charge in [-0.05, 0) is 0 Å². The van der Waals surface area contributed by atoms with Gasteiger partial charge in [-0.1, -0.05) is 12.2 Å². The number of alkyl halides is 2. The Bertz CT molecular complexity index is 939. The van der Waals surface area contributed by atoms with E-state index in [1.54, 1.807) is 0 Å². The van der Waals surface area contributed by atoms with Crippen molar-refractivity contribution in [3.05, 3.63) is 59.8 Å². The number of halogens is 2. The normalized spacial score (nSPS) is 18.6. The number of nitrogens with zero attached hydrogens (tertiary/aromatic N) is 2. The van der Waals surface area contributed by atoms with Crippen LogP contribution in [0.2, 0.25) is 0 Å². The maximum Gasteiger partial charge on any atom is 0.0404 e. The first-order valence-electron chi connectivity index (χ1n) is 10.6. The Balaban J connectivity index is 0.000000534. The fourth-order valence-corrected chi connectivity index (χ4v) is 3.69. The van der Waals surface area contributed by atoms with E-state index in [0.717, 1.165) is 31.3 Å². The SMILES string of the molecule is Cc1ccc2c(c1)c1cn2C/C=C\CN(C)CNC(=O)C(NCB=O)C1.ClC/C=C/CCl. The zero-order valence-electron chi connectivity index (χ0n) is 18.7. The molecule has 1 amide bonds. The van der Waals surface area contributed by atoms with Gasteiger partial charge >= 0.3 is 154 Å². The van der Waals surface area contributed by atoms with Gasteiger partial charge in [0.1, 0.15) is 0 Å². The molecule has 1 aromatic carbocycles. The topological polar surface area (TPSA) is 66.4 Å². The zero-order valence-corrected chi connectivity index (χ0v) is 20.2. The molecule has 0 saturated heterocycles. The molecule has 0 aliphatic carbocycles. The third kappa shape index (κ3) is 8.21. The Morgan fingerprint density at radius 1 is 1.22 bits per heavy atom. The number of nitrogens with one attached hydrogen (secondary N) is 2. The summed E-state index contributed by atoms with van der Waals surface area (Å²) in [6.07, 6.45) is 10.7. The molecule has 0 fully saturated rings. The van der Waals surface area contributed by atoms with Crippen molar-refractivity contribution in [1.82, 2.24) is 20.1 Å². The van der Waals surface area contributed by atoms with Gasteiger partial charge in [0.15, 0.2) is 0 Å². The average molecular weight is 477 g/mol. The molecule has 1 unspecified atom stereocenters. The average Bonchev–Trinajstić information content (AvgIpc) is 3.13. The predicted octanol–water partition coefficient (Wildman–Crippen LogP) is 3.05. The van der Waals surface area contributed by atoms with E-state index in [9.17, 15) is 9.50 Å². The molecule has 9 heteroatoms. The Morgan fingerprint density at radius 3 is 2.62 bits per heavy atom. The van der Waals surface area contributed by atoms with Gasteiger partial charge in [-0.15, -0.1) is 23.2 Å². The van der Waals surface area contributed by atoms with E-state index in [2.05, 4.69) is 58.7 Å². The summed E-state index contributed by atoms with van der Waals surface area (Å²) in [5, 5.41) is 7.18. The van der Waals surface area contributed by atoms with Gasteiger partial charge in [-0.2, -0.15) is 0 Å². The summed E-state index contributed by atoms with van der Waals surface area (Å²) in [5.41, 5.74) is 3.47. The van der Waals surface area contributed by atoms with Crippen molar-refractivity contribution >= 4 is 47.2 Å². The number of allylic oxidation sites excluding steroid dienone is 3. The van der Waals surface area contributed by atoms with Gasteiger partial charge in [-0.25, -0.2) is 0 Å². The third-order valence-corrected chi connectivity index (χ3v) is 5.42.